The molecule has 0 aliphatic heterocycles. The summed E-state index contributed by atoms with van der Waals surface area (Å²) in [6.45, 7) is 8.50. The zero-order chi connectivity index (χ0) is 17.1. The van der Waals surface area contributed by atoms with Crippen LogP contribution < -0.4 is 15.4 Å². The molecule has 0 atom stereocenters. The quantitative estimate of drug-likeness (QED) is 0.293. The van der Waals surface area contributed by atoms with E-state index in [1.807, 2.05) is 13.8 Å². The maximum absolute atomic E-state index is 11.3. The maximum atomic E-state index is 11.3. The van der Waals surface area contributed by atoms with Crippen molar-refractivity contribution < 1.29 is 13.2 Å². The Bertz CT molecular complexity index is 422. The predicted molar refractivity (Wildman–Crippen MR) is 91.8 cm³/mol. The van der Waals surface area contributed by atoms with E-state index in [0.717, 1.165) is 45.3 Å². The first kappa shape index (κ1) is 21.1. The monoisotopic (exact) mass is 336 g/mol. The number of rotatable bonds is 11. The van der Waals surface area contributed by atoms with Gasteiger partial charge in [0.05, 0.1) is 6.26 Å². The Balaban J connectivity index is 3.93. The fourth-order valence-corrected chi connectivity index (χ4v) is 2.87. The van der Waals surface area contributed by atoms with Gasteiger partial charge >= 0.3 is 0 Å². The molecule has 0 amide bonds. The summed E-state index contributed by atoms with van der Waals surface area (Å²) in [5, 5.41) is 6.29. The first-order valence-electron chi connectivity index (χ1n) is 7.71. The van der Waals surface area contributed by atoms with Gasteiger partial charge in [-0.25, -0.2) is 13.1 Å². The van der Waals surface area contributed by atoms with Crippen LogP contribution in [0.5, 0.6) is 0 Å². The van der Waals surface area contributed by atoms with E-state index in [0.29, 0.717) is 12.5 Å². The molecule has 0 rings (SSSR count). The molecule has 0 aromatic heterocycles. The molecule has 0 bridgehead atoms. The number of guanidine groups is 1. The number of hydrogen-bond donors (Lipinski definition) is 3. The highest BCUT2D eigenvalue weighted by molar-refractivity contribution is 7.88. The third-order valence-electron chi connectivity index (χ3n) is 2.78. The molecule has 132 valence electrons. The molecule has 0 radical (unpaired) electrons. The number of aliphatic imine (C=N–C) groups is 1. The molecule has 0 unspecified atom stereocenters. The molecular weight excluding hydrogens is 304 g/mol. The van der Waals surface area contributed by atoms with Crippen LogP contribution in [-0.4, -0.2) is 59.5 Å². The van der Waals surface area contributed by atoms with Crippen molar-refractivity contribution in [3.63, 3.8) is 0 Å². The van der Waals surface area contributed by atoms with Crippen LogP contribution >= 0.6 is 0 Å². The molecule has 8 heteroatoms. The molecule has 0 aliphatic rings. The van der Waals surface area contributed by atoms with Crippen molar-refractivity contribution in [1.29, 1.82) is 0 Å². The first-order valence-corrected chi connectivity index (χ1v) is 9.60. The Kier molecular flexibility index (Phi) is 10.4. The molecule has 0 fully saturated rings. The van der Waals surface area contributed by atoms with Gasteiger partial charge in [0.2, 0.25) is 10.0 Å². The van der Waals surface area contributed by atoms with Gasteiger partial charge in [0, 0.05) is 38.9 Å². The minimum atomic E-state index is -3.24. The zero-order valence-electron chi connectivity index (χ0n) is 14.5. The summed E-state index contributed by atoms with van der Waals surface area (Å²) in [5.41, 5.74) is -0.589. The summed E-state index contributed by atoms with van der Waals surface area (Å²) in [5.74, 6) is 0.650. The van der Waals surface area contributed by atoms with Gasteiger partial charge in [0.25, 0.3) is 0 Å². The predicted octanol–water partition coefficient (Wildman–Crippen LogP) is 0.686. The average molecular weight is 337 g/mol. The van der Waals surface area contributed by atoms with Crippen LogP contribution in [0.1, 0.15) is 40.0 Å². The van der Waals surface area contributed by atoms with Crippen molar-refractivity contribution in [3.05, 3.63) is 0 Å². The van der Waals surface area contributed by atoms with Crippen LogP contribution in [0.4, 0.5) is 0 Å². The molecule has 0 saturated heterocycles. The summed E-state index contributed by atoms with van der Waals surface area (Å²) in [7, 11) is -1.55. The van der Waals surface area contributed by atoms with Crippen LogP contribution in [0.2, 0.25) is 0 Å². The van der Waals surface area contributed by atoms with Crippen LogP contribution in [0, 0.1) is 0 Å². The Morgan fingerprint density at radius 3 is 2.36 bits per heavy atom. The van der Waals surface area contributed by atoms with Crippen LogP contribution in [0.3, 0.4) is 0 Å². The number of ether oxygens (including phenoxy) is 1. The fraction of sp³-hybridized carbons (Fsp3) is 0.929. The number of nitrogens with one attached hydrogen (secondary N) is 3. The van der Waals surface area contributed by atoms with E-state index in [1.54, 1.807) is 7.05 Å². The van der Waals surface area contributed by atoms with Gasteiger partial charge in [-0.2, -0.15) is 0 Å². The van der Waals surface area contributed by atoms with Crippen LogP contribution in [0.15, 0.2) is 4.99 Å². The van der Waals surface area contributed by atoms with Gasteiger partial charge in [-0.1, -0.05) is 13.3 Å². The Labute approximate surface area is 135 Å². The smallest absolute Gasteiger partial charge is 0.209 e. The summed E-state index contributed by atoms with van der Waals surface area (Å²) < 4.78 is 30.6. The number of nitrogens with zero attached hydrogens (tertiary/aromatic N) is 1. The lowest BCUT2D eigenvalue weighted by atomic mass is 10.1. The fourth-order valence-electron chi connectivity index (χ4n) is 1.79. The van der Waals surface area contributed by atoms with Crippen molar-refractivity contribution in [2.24, 2.45) is 4.99 Å². The van der Waals surface area contributed by atoms with E-state index in [9.17, 15) is 8.42 Å². The normalized spacial score (nSPS) is 13.2. The largest absolute Gasteiger partial charge is 0.381 e. The summed E-state index contributed by atoms with van der Waals surface area (Å²) in [4.78, 5) is 4.11. The molecule has 3 N–H and O–H groups in total. The minimum absolute atomic E-state index is 0.437. The number of hydrogen-bond acceptors (Lipinski definition) is 4. The molecule has 22 heavy (non-hydrogen) atoms. The second-order valence-corrected chi connectivity index (χ2v) is 7.68. The van der Waals surface area contributed by atoms with Crippen molar-refractivity contribution in [1.82, 2.24) is 15.4 Å². The number of unbranched alkanes of at least 4 members (excludes halogenated alkanes) is 1. The van der Waals surface area contributed by atoms with E-state index in [-0.39, 0.29) is 0 Å². The van der Waals surface area contributed by atoms with Gasteiger partial charge in [-0.05, 0) is 26.7 Å². The second kappa shape index (κ2) is 10.8. The van der Waals surface area contributed by atoms with E-state index in [4.69, 9.17) is 4.74 Å². The van der Waals surface area contributed by atoms with E-state index in [1.165, 1.54) is 0 Å². The lowest BCUT2D eigenvalue weighted by Gasteiger charge is -2.26. The standard InChI is InChI=1S/C14H32N4O3S/c1-6-7-10-21-11-8-9-16-13(15-4)17-12-14(2,3)18-22(5,19)20/h18H,6-12H2,1-5H3,(H2,15,16,17). The molecule has 0 heterocycles. The van der Waals surface area contributed by atoms with Crippen molar-refractivity contribution >= 4 is 16.0 Å². The molecule has 0 aliphatic carbocycles. The molecule has 0 aromatic rings. The topological polar surface area (TPSA) is 91.8 Å². The van der Waals surface area contributed by atoms with Crippen molar-refractivity contribution in [2.75, 3.05) is 39.6 Å². The number of sulfonamides is 1. The van der Waals surface area contributed by atoms with Crippen molar-refractivity contribution in [3.8, 4) is 0 Å². The zero-order valence-corrected chi connectivity index (χ0v) is 15.3. The minimum Gasteiger partial charge on any atom is -0.381 e. The van der Waals surface area contributed by atoms with Gasteiger partial charge in [0.1, 0.15) is 0 Å². The SMILES string of the molecule is CCCCOCCCNC(=NC)NCC(C)(C)NS(C)(=O)=O. The van der Waals surface area contributed by atoms with E-state index >= 15 is 0 Å². The van der Waals surface area contributed by atoms with E-state index < -0.39 is 15.6 Å². The summed E-state index contributed by atoms with van der Waals surface area (Å²) >= 11 is 0. The highest BCUT2D eigenvalue weighted by Gasteiger charge is 2.22. The van der Waals surface area contributed by atoms with Gasteiger partial charge < -0.3 is 15.4 Å². The Hall–Kier alpha value is -0.860. The summed E-state index contributed by atoms with van der Waals surface area (Å²) in [6, 6.07) is 0. The molecule has 0 saturated carbocycles. The Morgan fingerprint density at radius 2 is 1.82 bits per heavy atom. The average Bonchev–Trinajstić information content (AvgIpc) is 2.38. The van der Waals surface area contributed by atoms with Crippen molar-refractivity contribution in [2.45, 2.75) is 45.6 Å². The van der Waals surface area contributed by atoms with Gasteiger partial charge in [-0.3, -0.25) is 4.99 Å². The molecular formula is C14H32N4O3S. The first-order chi connectivity index (χ1) is 10.2. The maximum Gasteiger partial charge on any atom is 0.209 e. The third kappa shape index (κ3) is 12.8. The summed E-state index contributed by atoms with van der Waals surface area (Å²) in [6.07, 6.45) is 4.29. The molecule has 7 nitrogen and oxygen atoms in total. The lowest BCUT2D eigenvalue weighted by Crippen LogP contribution is -2.53. The third-order valence-corrected chi connectivity index (χ3v) is 3.71. The van der Waals surface area contributed by atoms with Gasteiger partial charge in [-0.15, -0.1) is 0 Å². The highest BCUT2D eigenvalue weighted by atomic mass is 32.2. The van der Waals surface area contributed by atoms with Crippen LogP contribution in [0.25, 0.3) is 0 Å². The highest BCUT2D eigenvalue weighted by Crippen LogP contribution is 2.01. The molecule has 0 aromatic carbocycles. The van der Waals surface area contributed by atoms with E-state index in [2.05, 4.69) is 27.3 Å². The Morgan fingerprint density at radius 1 is 1.18 bits per heavy atom. The second-order valence-electron chi connectivity index (χ2n) is 5.93. The molecule has 0 spiro atoms. The lowest BCUT2D eigenvalue weighted by molar-refractivity contribution is 0.129. The van der Waals surface area contributed by atoms with Crippen LogP contribution in [-0.2, 0) is 14.8 Å². The van der Waals surface area contributed by atoms with Gasteiger partial charge in [0.15, 0.2) is 5.96 Å².